The van der Waals surface area contributed by atoms with Crippen LogP contribution in [0.3, 0.4) is 0 Å². The molecule has 1 unspecified atom stereocenters. The van der Waals surface area contributed by atoms with Crippen LogP contribution in [0.4, 0.5) is 4.39 Å². The number of hydrogen-bond donors (Lipinski definition) is 1. The van der Waals surface area contributed by atoms with Crippen molar-refractivity contribution in [3.05, 3.63) is 45.8 Å². The van der Waals surface area contributed by atoms with Crippen molar-refractivity contribution in [3.8, 4) is 0 Å². The third-order valence-electron chi connectivity index (χ3n) is 2.99. The summed E-state index contributed by atoms with van der Waals surface area (Å²) >= 11 is 4.79. The maximum absolute atomic E-state index is 13.7. The van der Waals surface area contributed by atoms with E-state index in [0.717, 1.165) is 10.9 Å². The Hall–Kier alpha value is -0.920. The smallest absolute Gasteiger partial charge is 0.236 e. The molecule has 2 rings (SSSR count). The van der Waals surface area contributed by atoms with Crippen molar-refractivity contribution in [1.82, 2.24) is 15.5 Å². The van der Waals surface area contributed by atoms with Gasteiger partial charge in [-0.1, -0.05) is 27.2 Å². The normalized spacial score (nSPS) is 12.6. The molecule has 0 bridgehead atoms. The molecular formula is C14H17BrFN3OS. The summed E-state index contributed by atoms with van der Waals surface area (Å²) in [7, 11) is 1.90. The van der Waals surface area contributed by atoms with Crippen LogP contribution in [0, 0.1) is 5.82 Å². The van der Waals surface area contributed by atoms with Crippen LogP contribution in [-0.2, 0) is 17.9 Å². The number of halogens is 2. The Labute approximate surface area is 136 Å². The minimum atomic E-state index is -0.203. The zero-order chi connectivity index (χ0) is 15.2. The highest BCUT2D eigenvalue weighted by atomic mass is 79.9. The second-order valence-corrected chi connectivity index (χ2v) is 6.63. The molecule has 114 valence electrons. The summed E-state index contributed by atoms with van der Waals surface area (Å²) in [5, 5.41) is 7.06. The largest absolute Gasteiger partial charge is 0.338 e. The molecule has 0 radical (unpaired) electrons. The molecule has 1 aromatic carbocycles. The van der Waals surface area contributed by atoms with Crippen molar-refractivity contribution in [2.45, 2.75) is 30.9 Å². The van der Waals surface area contributed by atoms with E-state index in [1.807, 2.05) is 13.1 Å². The van der Waals surface area contributed by atoms with Crippen molar-refractivity contribution < 1.29 is 8.91 Å². The second-order valence-electron chi connectivity index (χ2n) is 4.73. The molecule has 0 spiro atoms. The van der Waals surface area contributed by atoms with Gasteiger partial charge in [-0.15, -0.1) is 11.8 Å². The Balaban J connectivity index is 1.83. The molecule has 0 aliphatic heterocycles. The summed E-state index contributed by atoms with van der Waals surface area (Å²) in [6.45, 7) is 2.06. The van der Waals surface area contributed by atoms with E-state index in [0.29, 0.717) is 34.8 Å². The third kappa shape index (κ3) is 5.09. The van der Waals surface area contributed by atoms with E-state index in [-0.39, 0.29) is 5.82 Å². The van der Waals surface area contributed by atoms with Gasteiger partial charge in [0.25, 0.3) is 0 Å². The summed E-state index contributed by atoms with van der Waals surface area (Å²) in [5.41, 5.74) is 0.673. The number of thioether (sulfide) groups is 1. The SMILES string of the molecule is CNC(C)Cc1noc(CSCc2ccc(Br)cc2F)n1. The van der Waals surface area contributed by atoms with Crippen molar-refractivity contribution >= 4 is 27.7 Å². The lowest BCUT2D eigenvalue weighted by Gasteiger charge is -2.04. The number of hydrogen-bond acceptors (Lipinski definition) is 5. The van der Waals surface area contributed by atoms with E-state index in [1.165, 1.54) is 6.07 Å². The van der Waals surface area contributed by atoms with Crippen LogP contribution in [0.15, 0.2) is 27.2 Å². The fourth-order valence-corrected chi connectivity index (χ4v) is 2.88. The summed E-state index contributed by atoms with van der Waals surface area (Å²) in [6.07, 6.45) is 0.728. The van der Waals surface area contributed by atoms with E-state index >= 15 is 0 Å². The Morgan fingerprint density at radius 3 is 2.95 bits per heavy atom. The van der Waals surface area contributed by atoms with Crippen molar-refractivity contribution in [2.75, 3.05) is 7.05 Å². The van der Waals surface area contributed by atoms with Gasteiger partial charge in [0.1, 0.15) is 5.82 Å². The lowest BCUT2D eigenvalue weighted by Crippen LogP contribution is -2.24. The number of likely N-dealkylation sites (N-methyl/N-ethyl adjacent to an activating group) is 1. The van der Waals surface area contributed by atoms with Gasteiger partial charge in [-0.2, -0.15) is 4.98 Å². The molecule has 0 saturated heterocycles. The molecule has 0 saturated carbocycles. The Morgan fingerprint density at radius 2 is 2.24 bits per heavy atom. The van der Waals surface area contributed by atoms with Gasteiger partial charge in [0.15, 0.2) is 5.82 Å². The minimum absolute atomic E-state index is 0.203. The molecule has 4 nitrogen and oxygen atoms in total. The monoisotopic (exact) mass is 373 g/mol. The molecule has 0 amide bonds. The van der Waals surface area contributed by atoms with Crippen LogP contribution in [0.1, 0.15) is 24.2 Å². The lowest BCUT2D eigenvalue weighted by molar-refractivity contribution is 0.382. The van der Waals surface area contributed by atoms with Crippen LogP contribution in [0.25, 0.3) is 0 Å². The predicted molar refractivity (Wildman–Crippen MR) is 85.6 cm³/mol. The molecule has 0 aliphatic rings. The average molecular weight is 374 g/mol. The van der Waals surface area contributed by atoms with Crippen LogP contribution in [0.2, 0.25) is 0 Å². The molecule has 21 heavy (non-hydrogen) atoms. The number of aromatic nitrogens is 2. The van der Waals surface area contributed by atoms with Gasteiger partial charge in [0.2, 0.25) is 5.89 Å². The molecule has 7 heteroatoms. The molecule has 0 fully saturated rings. The van der Waals surface area contributed by atoms with E-state index in [2.05, 4.69) is 38.3 Å². The summed E-state index contributed by atoms with van der Waals surface area (Å²) < 4.78 is 19.6. The van der Waals surface area contributed by atoms with Gasteiger partial charge in [-0.25, -0.2) is 4.39 Å². The maximum atomic E-state index is 13.7. The van der Waals surface area contributed by atoms with Crippen LogP contribution < -0.4 is 5.32 Å². The maximum Gasteiger partial charge on any atom is 0.236 e. The average Bonchev–Trinajstić information content (AvgIpc) is 2.88. The molecule has 1 N–H and O–H groups in total. The van der Waals surface area contributed by atoms with Crippen molar-refractivity contribution in [2.24, 2.45) is 0 Å². The number of benzene rings is 1. The zero-order valence-corrected chi connectivity index (χ0v) is 14.3. The first-order valence-corrected chi connectivity index (χ1v) is 8.53. The van der Waals surface area contributed by atoms with Gasteiger partial charge >= 0.3 is 0 Å². The van der Waals surface area contributed by atoms with Crippen LogP contribution >= 0.6 is 27.7 Å². The highest BCUT2D eigenvalue weighted by Gasteiger charge is 2.10. The Kier molecular flexibility index (Phi) is 6.20. The topological polar surface area (TPSA) is 51.0 Å². The molecule has 2 aromatic rings. The lowest BCUT2D eigenvalue weighted by atomic mass is 10.2. The van der Waals surface area contributed by atoms with Gasteiger partial charge in [0.05, 0.1) is 5.75 Å². The van der Waals surface area contributed by atoms with Crippen LogP contribution in [0.5, 0.6) is 0 Å². The number of nitrogens with zero attached hydrogens (tertiary/aromatic N) is 2. The van der Waals surface area contributed by atoms with Crippen molar-refractivity contribution in [1.29, 1.82) is 0 Å². The van der Waals surface area contributed by atoms with Gasteiger partial charge < -0.3 is 9.84 Å². The van der Waals surface area contributed by atoms with E-state index in [1.54, 1.807) is 17.8 Å². The second kappa shape index (κ2) is 7.91. The van der Waals surface area contributed by atoms with E-state index in [9.17, 15) is 4.39 Å². The highest BCUT2D eigenvalue weighted by Crippen LogP contribution is 2.21. The summed E-state index contributed by atoms with van der Waals surface area (Å²) in [5.74, 6) is 2.23. The predicted octanol–water partition coefficient (Wildman–Crippen LogP) is 3.56. The Morgan fingerprint density at radius 1 is 1.43 bits per heavy atom. The molecule has 0 aliphatic carbocycles. The molecule has 1 heterocycles. The first kappa shape index (κ1) is 16.5. The standard InChI is InChI=1S/C14H17BrFN3OS/c1-9(17-2)5-13-18-14(20-19-13)8-21-7-10-3-4-11(15)6-12(10)16/h3-4,6,9,17H,5,7-8H2,1-2H3. The first-order chi connectivity index (χ1) is 10.1. The summed E-state index contributed by atoms with van der Waals surface area (Å²) in [4.78, 5) is 4.33. The summed E-state index contributed by atoms with van der Waals surface area (Å²) in [6, 6.07) is 5.39. The van der Waals surface area contributed by atoms with E-state index < -0.39 is 0 Å². The van der Waals surface area contributed by atoms with Gasteiger partial charge in [-0.3, -0.25) is 0 Å². The minimum Gasteiger partial charge on any atom is -0.338 e. The highest BCUT2D eigenvalue weighted by molar-refractivity contribution is 9.10. The molecule has 1 atom stereocenters. The number of rotatable bonds is 7. The zero-order valence-electron chi connectivity index (χ0n) is 11.9. The van der Waals surface area contributed by atoms with Crippen LogP contribution in [-0.4, -0.2) is 23.2 Å². The fourth-order valence-electron chi connectivity index (χ4n) is 1.69. The number of nitrogens with one attached hydrogen (secondary N) is 1. The van der Waals surface area contributed by atoms with Gasteiger partial charge in [0, 0.05) is 22.7 Å². The van der Waals surface area contributed by atoms with E-state index in [4.69, 9.17) is 4.52 Å². The quantitative estimate of drug-likeness (QED) is 0.803. The molecule has 1 aromatic heterocycles. The van der Waals surface area contributed by atoms with Gasteiger partial charge in [-0.05, 0) is 31.7 Å². The fraction of sp³-hybridized carbons (Fsp3) is 0.429. The third-order valence-corrected chi connectivity index (χ3v) is 4.45. The first-order valence-electron chi connectivity index (χ1n) is 6.59. The molecular weight excluding hydrogens is 357 g/mol. The Bertz CT molecular complexity index is 593. The van der Waals surface area contributed by atoms with Crippen molar-refractivity contribution in [3.63, 3.8) is 0 Å².